The second-order valence-electron chi connectivity index (χ2n) is 3.86. The fraction of sp³-hybridized carbons (Fsp3) is 0.667. The summed E-state index contributed by atoms with van der Waals surface area (Å²) < 4.78 is 4.89. The Balaban J connectivity index is 2.61. The normalized spacial score (nSPS) is 26.1. The number of esters is 1. The summed E-state index contributed by atoms with van der Waals surface area (Å²) in [6, 6.07) is 0. The first-order valence-corrected chi connectivity index (χ1v) is 5.52. The molecular formula is C12H18O3. The zero-order chi connectivity index (χ0) is 11.3. The van der Waals surface area contributed by atoms with Crippen LogP contribution in [-0.4, -0.2) is 18.4 Å². The fourth-order valence-corrected chi connectivity index (χ4v) is 2.05. The van der Waals surface area contributed by atoms with Crippen molar-refractivity contribution in [3.63, 3.8) is 0 Å². The van der Waals surface area contributed by atoms with Crippen molar-refractivity contribution in [1.82, 2.24) is 0 Å². The van der Waals surface area contributed by atoms with Crippen LogP contribution in [0.3, 0.4) is 0 Å². The Morgan fingerprint density at radius 1 is 1.60 bits per heavy atom. The first-order valence-electron chi connectivity index (χ1n) is 5.52. The number of rotatable bonds is 4. The molecule has 3 nitrogen and oxygen atoms in total. The van der Waals surface area contributed by atoms with Crippen LogP contribution in [0, 0.1) is 11.8 Å². The van der Waals surface area contributed by atoms with E-state index in [9.17, 15) is 9.59 Å². The number of hydrogen-bond acceptors (Lipinski definition) is 3. The van der Waals surface area contributed by atoms with E-state index in [1.165, 1.54) is 0 Å². The maximum absolute atomic E-state index is 11.9. The summed E-state index contributed by atoms with van der Waals surface area (Å²) in [6.45, 7) is 5.73. The Morgan fingerprint density at radius 2 is 2.33 bits per heavy atom. The molecule has 2 unspecified atom stereocenters. The quantitative estimate of drug-likeness (QED) is 0.405. The van der Waals surface area contributed by atoms with Crippen LogP contribution in [0.1, 0.15) is 32.6 Å². The van der Waals surface area contributed by atoms with Crippen molar-refractivity contribution in [3.05, 3.63) is 12.7 Å². The van der Waals surface area contributed by atoms with Gasteiger partial charge in [0.1, 0.15) is 11.7 Å². The third-order valence-corrected chi connectivity index (χ3v) is 2.81. The van der Waals surface area contributed by atoms with Crippen molar-refractivity contribution >= 4 is 11.8 Å². The molecule has 3 heteroatoms. The molecule has 0 heterocycles. The molecule has 1 rings (SSSR count). The molecule has 0 bridgehead atoms. The standard InChI is InChI=1S/C12H18O3/c1-3-6-9-7-5-8-10(11(9)13)12(14)15-4-2/h3,9-10H,1,4-8H2,2H3. The van der Waals surface area contributed by atoms with E-state index < -0.39 is 5.92 Å². The summed E-state index contributed by atoms with van der Waals surface area (Å²) in [5.41, 5.74) is 0. The summed E-state index contributed by atoms with van der Waals surface area (Å²) in [6.07, 6.45) is 4.87. The molecule has 1 saturated carbocycles. The maximum Gasteiger partial charge on any atom is 0.316 e. The van der Waals surface area contributed by atoms with Crippen LogP contribution < -0.4 is 0 Å². The topological polar surface area (TPSA) is 43.4 Å². The molecule has 15 heavy (non-hydrogen) atoms. The molecule has 0 aromatic rings. The number of carbonyl (C=O) groups excluding carboxylic acids is 2. The molecule has 0 aliphatic heterocycles. The van der Waals surface area contributed by atoms with Crippen LogP contribution in [0.15, 0.2) is 12.7 Å². The van der Waals surface area contributed by atoms with Crippen LogP contribution in [0.5, 0.6) is 0 Å². The second-order valence-corrected chi connectivity index (χ2v) is 3.86. The zero-order valence-corrected chi connectivity index (χ0v) is 9.20. The number of hydrogen-bond donors (Lipinski definition) is 0. The van der Waals surface area contributed by atoms with Crippen LogP contribution >= 0.6 is 0 Å². The van der Waals surface area contributed by atoms with Gasteiger partial charge in [-0.05, 0) is 26.2 Å². The highest BCUT2D eigenvalue weighted by Crippen LogP contribution is 2.28. The third kappa shape index (κ3) is 2.91. The highest BCUT2D eigenvalue weighted by Gasteiger charge is 2.35. The second kappa shape index (κ2) is 5.69. The van der Waals surface area contributed by atoms with Gasteiger partial charge in [0.2, 0.25) is 0 Å². The SMILES string of the molecule is C=CCC1CCCC(C(=O)OCC)C1=O. The average Bonchev–Trinajstić information content (AvgIpc) is 2.22. The molecule has 84 valence electrons. The van der Waals surface area contributed by atoms with Crippen LogP contribution in [-0.2, 0) is 14.3 Å². The molecule has 1 aliphatic carbocycles. The third-order valence-electron chi connectivity index (χ3n) is 2.81. The van der Waals surface area contributed by atoms with E-state index in [0.29, 0.717) is 19.4 Å². The van der Waals surface area contributed by atoms with E-state index in [2.05, 4.69) is 6.58 Å². The molecule has 1 fully saturated rings. The van der Waals surface area contributed by atoms with Gasteiger partial charge in [-0.25, -0.2) is 0 Å². The lowest BCUT2D eigenvalue weighted by Gasteiger charge is -2.25. The molecule has 2 atom stereocenters. The largest absolute Gasteiger partial charge is 0.465 e. The lowest BCUT2D eigenvalue weighted by Crippen LogP contribution is -2.34. The van der Waals surface area contributed by atoms with Gasteiger partial charge in [-0.2, -0.15) is 0 Å². The van der Waals surface area contributed by atoms with Gasteiger partial charge in [0.15, 0.2) is 0 Å². The van der Waals surface area contributed by atoms with Gasteiger partial charge in [-0.1, -0.05) is 12.5 Å². The summed E-state index contributed by atoms with van der Waals surface area (Å²) in [4.78, 5) is 23.4. The van der Waals surface area contributed by atoms with Gasteiger partial charge in [-0.3, -0.25) is 9.59 Å². The Hall–Kier alpha value is -1.12. The minimum absolute atomic E-state index is 0.0225. The van der Waals surface area contributed by atoms with E-state index in [-0.39, 0.29) is 17.7 Å². The van der Waals surface area contributed by atoms with Crippen LogP contribution in [0.25, 0.3) is 0 Å². The highest BCUT2D eigenvalue weighted by molar-refractivity contribution is 6.00. The minimum atomic E-state index is -0.524. The molecule has 0 spiro atoms. The number of carbonyl (C=O) groups is 2. The molecule has 0 aromatic carbocycles. The Bertz CT molecular complexity index is 258. The van der Waals surface area contributed by atoms with Crippen LogP contribution in [0.4, 0.5) is 0 Å². The molecular weight excluding hydrogens is 192 g/mol. The summed E-state index contributed by atoms with van der Waals surface area (Å²) in [5, 5.41) is 0. The zero-order valence-electron chi connectivity index (χ0n) is 9.20. The van der Waals surface area contributed by atoms with Crippen molar-refractivity contribution in [3.8, 4) is 0 Å². The number of Topliss-reactive ketones (excluding diaryl/α,β-unsaturated/α-hetero) is 1. The Morgan fingerprint density at radius 3 is 2.93 bits per heavy atom. The van der Waals surface area contributed by atoms with Gasteiger partial charge < -0.3 is 4.74 Å². The Kier molecular flexibility index (Phi) is 4.53. The van der Waals surface area contributed by atoms with E-state index in [0.717, 1.165) is 12.8 Å². The highest BCUT2D eigenvalue weighted by atomic mass is 16.5. The summed E-state index contributed by atoms with van der Waals surface area (Å²) >= 11 is 0. The average molecular weight is 210 g/mol. The molecule has 0 amide bonds. The van der Waals surface area contributed by atoms with Gasteiger partial charge in [0.05, 0.1) is 6.61 Å². The fourth-order valence-electron chi connectivity index (χ4n) is 2.05. The van der Waals surface area contributed by atoms with Crippen molar-refractivity contribution in [2.45, 2.75) is 32.6 Å². The molecule has 0 aromatic heterocycles. The van der Waals surface area contributed by atoms with E-state index in [4.69, 9.17) is 4.74 Å². The lowest BCUT2D eigenvalue weighted by atomic mass is 9.78. The van der Waals surface area contributed by atoms with Gasteiger partial charge in [0.25, 0.3) is 0 Å². The molecule has 1 aliphatic rings. The first-order chi connectivity index (χ1) is 7.20. The van der Waals surface area contributed by atoms with Crippen molar-refractivity contribution in [1.29, 1.82) is 0 Å². The van der Waals surface area contributed by atoms with E-state index >= 15 is 0 Å². The summed E-state index contributed by atoms with van der Waals surface area (Å²) in [5.74, 6) is -0.856. The monoisotopic (exact) mass is 210 g/mol. The van der Waals surface area contributed by atoms with Crippen molar-refractivity contribution in [2.75, 3.05) is 6.61 Å². The maximum atomic E-state index is 11.9. The minimum Gasteiger partial charge on any atom is -0.465 e. The molecule has 0 N–H and O–H groups in total. The predicted molar refractivity (Wildman–Crippen MR) is 57.3 cm³/mol. The Labute approximate surface area is 90.5 Å². The smallest absolute Gasteiger partial charge is 0.316 e. The molecule has 0 saturated heterocycles. The van der Waals surface area contributed by atoms with E-state index in [1.807, 2.05) is 0 Å². The van der Waals surface area contributed by atoms with Crippen LogP contribution in [0.2, 0.25) is 0 Å². The van der Waals surface area contributed by atoms with Gasteiger partial charge in [-0.15, -0.1) is 6.58 Å². The lowest BCUT2D eigenvalue weighted by molar-refractivity contribution is -0.154. The van der Waals surface area contributed by atoms with Crippen molar-refractivity contribution < 1.29 is 14.3 Å². The number of ether oxygens (including phenoxy) is 1. The first kappa shape index (κ1) is 12.0. The van der Waals surface area contributed by atoms with Gasteiger partial charge in [0, 0.05) is 5.92 Å². The molecule has 0 radical (unpaired) electrons. The van der Waals surface area contributed by atoms with Gasteiger partial charge >= 0.3 is 5.97 Å². The number of allylic oxidation sites excluding steroid dienone is 1. The van der Waals surface area contributed by atoms with Crippen molar-refractivity contribution in [2.24, 2.45) is 11.8 Å². The number of ketones is 1. The predicted octanol–water partition coefficient (Wildman–Crippen LogP) is 2.11. The summed E-state index contributed by atoms with van der Waals surface area (Å²) in [7, 11) is 0. The van der Waals surface area contributed by atoms with E-state index in [1.54, 1.807) is 13.0 Å².